The van der Waals surface area contributed by atoms with Gasteiger partial charge in [-0.15, -0.1) is 0 Å². The van der Waals surface area contributed by atoms with E-state index in [2.05, 4.69) is 46.6 Å². The van der Waals surface area contributed by atoms with Crippen LogP contribution >= 0.6 is 0 Å². The molecule has 0 saturated heterocycles. The number of nitrogens with one attached hydrogen (secondary N) is 2. The number of hydrogen-bond donors (Lipinski definition) is 2. The fraction of sp³-hybridized carbons (Fsp3) is 0.389. The highest BCUT2D eigenvalue weighted by molar-refractivity contribution is 5.91. The third kappa shape index (κ3) is 5.36. The average molecular weight is 312 g/mol. The van der Waals surface area contributed by atoms with Gasteiger partial charge in [-0.05, 0) is 18.9 Å². The van der Waals surface area contributed by atoms with Crippen molar-refractivity contribution < 1.29 is 4.79 Å². The van der Waals surface area contributed by atoms with E-state index in [-0.39, 0.29) is 11.9 Å². The van der Waals surface area contributed by atoms with E-state index in [1.54, 1.807) is 6.20 Å². The number of unbranched alkanes of at least 4 members (excludes halogenated alkanes) is 2. The van der Waals surface area contributed by atoms with Crippen LogP contribution in [0, 0.1) is 0 Å². The molecule has 2 aromatic rings. The second-order valence-electron chi connectivity index (χ2n) is 5.53. The zero-order valence-corrected chi connectivity index (χ0v) is 13.7. The number of rotatable bonds is 8. The summed E-state index contributed by atoms with van der Waals surface area (Å²) in [5.41, 5.74) is 1.52. The molecule has 1 atom stereocenters. The highest BCUT2D eigenvalue weighted by atomic mass is 16.1. The van der Waals surface area contributed by atoms with Gasteiger partial charge in [-0.2, -0.15) is 0 Å². The Labute approximate surface area is 137 Å². The van der Waals surface area contributed by atoms with Crippen LogP contribution in [0.3, 0.4) is 0 Å². The van der Waals surface area contributed by atoms with E-state index >= 15 is 0 Å². The monoisotopic (exact) mass is 312 g/mol. The highest BCUT2D eigenvalue weighted by Crippen LogP contribution is 2.16. The number of carbonyl (C=O) groups excluding carboxylic acids is 1. The minimum Gasteiger partial charge on any atom is -0.362 e. The largest absolute Gasteiger partial charge is 0.362 e. The Hall–Kier alpha value is -2.43. The average Bonchev–Trinajstić information content (AvgIpc) is 2.60. The van der Waals surface area contributed by atoms with E-state index in [0.29, 0.717) is 18.1 Å². The molecule has 1 aromatic carbocycles. The lowest BCUT2D eigenvalue weighted by Gasteiger charge is -2.14. The minimum absolute atomic E-state index is 0.124. The van der Waals surface area contributed by atoms with Gasteiger partial charge in [-0.1, -0.05) is 50.1 Å². The molecule has 0 aliphatic rings. The first-order chi connectivity index (χ1) is 11.2. The molecule has 0 aliphatic heterocycles. The van der Waals surface area contributed by atoms with Crippen molar-refractivity contribution in [2.75, 3.05) is 11.9 Å². The van der Waals surface area contributed by atoms with Gasteiger partial charge in [0.1, 0.15) is 11.5 Å². The van der Waals surface area contributed by atoms with Crippen molar-refractivity contribution in [2.24, 2.45) is 0 Å². The van der Waals surface area contributed by atoms with Crippen molar-refractivity contribution in [1.82, 2.24) is 15.3 Å². The summed E-state index contributed by atoms with van der Waals surface area (Å²) in [7, 11) is 0. The van der Waals surface area contributed by atoms with Gasteiger partial charge < -0.3 is 10.6 Å². The van der Waals surface area contributed by atoms with E-state index in [1.807, 2.05) is 18.2 Å². The van der Waals surface area contributed by atoms with Gasteiger partial charge in [0, 0.05) is 12.6 Å². The maximum absolute atomic E-state index is 11.9. The Bertz CT molecular complexity index is 598. The molecule has 0 aliphatic carbocycles. The van der Waals surface area contributed by atoms with Gasteiger partial charge in [0.05, 0.1) is 12.4 Å². The molecule has 0 saturated carbocycles. The number of benzene rings is 1. The second-order valence-corrected chi connectivity index (χ2v) is 5.53. The van der Waals surface area contributed by atoms with Crippen LogP contribution in [0.1, 0.15) is 55.2 Å². The van der Waals surface area contributed by atoms with Crippen LogP contribution in [0.25, 0.3) is 0 Å². The first kappa shape index (κ1) is 16.9. The van der Waals surface area contributed by atoms with E-state index in [0.717, 1.165) is 19.3 Å². The first-order valence-corrected chi connectivity index (χ1v) is 8.12. The molecule has 2 N–H and O–H groups in total. The second kappa shape index (κ2) is 8.88. The van der Waals surface area contributed by atoms with Gasteiger partial charge in [-0.25, -0.2) is 9.97 Å². The Kier molecular flexibility index (Phi) is 6.54. The van der Waals surface area contributed by atoms with Crippen LogP contribution in [0.5, 0.6) is 0 Å². The number of carbonyl (C=O) groups is 1. The first-order valence-electron chi connectivity index (χ1n) is 8.12. The van der Waals surface area contributed by atoms with Crippen LogP contribution in [-0.2, 0) is 0 Å². The summed E-state index contributed by atoms with van der Waals surface area (Å²) in [6, 6.07) is 10.2. The molecular formula is C18H24N4O. The fourth-order valence-electron chi connectivity index (χ4n) is 2.23. The fourth-order valence-corrected chi connectivity index (χ4v) is 2.23. The summed E-state index contributed by atoms with van der Waals surface area (Å²) in [5, 5.41) is 6.14. The number of hydrogen-bond acceptors (Lipinski definition) is 4. The Morgan fingerprint density at radius 1 is 1.13 bits per heavy atom. The number of nitrogens with zero attached hydrogens (tertiary/aromatic N) is 2. The molecule has 5 heteroatoms. The molecule has 0 spiro atoms. The summed E-state index contributed by atoms with van der Waals surface area (Å²) >= 11 is 0. The van der Waals surface area contributed by atoms with E-state index in [4.69, 9.17) is 0 Å². The summed E-state index contributed by atoms with van der Waals surface area (Å²) < 4.78 is 0. The zero-order chi connectivity index (χ0) is 16.5. The molecule has 1 aromatic heterocycles. The molecule has 23 heavy (non-hydrogen) atoms. The van der Waals surface area contributed by atoms with E-state index in [1.165, 1.54) is 11.8 Å². The number of anilines is 1. The summed E-state index contributed by atoms with van der Waals surface area (Å²) in [6.45, 7) is 4.88. The molecule has 5 nitrogen and oxygen atoms in total. The lowest BCUT2D eigenvalue weighted by atomic mass is 10.1. The molecule has 122 valence electrons. The Morgan fingerprint density at radius 2 is 1.91 bits per heavy atom. The van der Waals surface area contributed by atoms with Gasteiger partial charge in [0.15, 0.2) is 0 Å². The van der Waals surface area contributed by atoms with E-state index < -0.39 is 0 Å². The van der Waals surface area contributed by atoms with Gasteiger partial charge in [-0.3, -0.25) is 4.79 Å². The quantitative estimate of drug-likeness (QED) is 0.731. The normalized spacial score (nSPS) is 11.7. The summed E-state index contributed by atoms with van der Waals surface area (Å²) in [5.74, 6) is 0.486. The Balaban J connectivity index is 1.88. The SMILES string of the molecule is CCCCCNC(=O)c1cnc(NC(C)c2ccccc2)cn1. The van der Waals surface area contributed by atoms with Gasteiger partial charge >= 0.3 is 0 Å². The van der Waals surface area contributed by atoms with Gasteiger partial charge in [0.2, 0.25) is 0 Å². The molecule has 0 bridgehead atoms. The molecule has 1 heterocycles. The van der Waals surface area contributed by atoms with Crippen molar-refractivity contribution in [3.8, 4) is 0 Å². The lowest BCUT2D eigenvalue weighted by Crippen LogP contribution is -2.25. The van der Waals surface area contributed by atoms with Crippen molar-refractivity contribution in [1.29, 1.82) is 0 Å². The third-order valence-corrected chi connectivity index (χ3v) is 3.61. The van der Waals surface area contributed by atoms with Crippen molar-refractivity contribution >= 4 is 11.7 Å². The molecule has 1 unspecified atom stereocenters. The van der Waals surface area contributed by atoms with Gasteiger partial charge in [0.25, 0.3) is 5.91 Å². The zero-order valence-electron chi connectivity index (χ0n) is 13.7. The smallest absolute Gasteiger partial charge is 0.271 e. The lowest BCUT2D eigenvalue weighted by molar-refractivity contribution is 0.0947. The molecule has 0 radical (unpaired) electrons. The van der Waals surface area contributed by atoms with Crippen LogP contribution in [0.4, 0.5) is 5.82 Å². The van der Waals surface area contributed by atoms with Crippen LogP contribution in [-0.4, -0.2) is 22.4 Å². The molecule has 2 rings (SSSR count). The van der Waals surface area contributed by atoms with Crippen LogP contribution < -0.4 is 10.6 Å². The van der Waals surface area contributed by atoms with Crippen molar-refractivity contribution in [3.05, 3.63) is 54.0 Å². The summed E-state index contributed by atoms with van der Waals surface area (Å²) in [6.07, 6.45) is 6.35. The van der Waals surface area contributed by atoms with Crippen LogP contribution in [0.2, 0.25) is 0 Å². The maximum atomic E-state index is 11.9. The predicted octanol–water partition coefficient (Wildman–Crippen LogP) is 3.57. The maximum Gasteiger partial charge on any atom is 0.271 e. The topological polar surface area (TPSA) is 66.9 Å². The Morgan fingerprint density at radius 3 is 2.57 bits per heavy atom. The highest BCUT2D eigenvalue weighted by Gasteiger charge is 2.09. The minimum atomic E-state index is -0.170. The predicted molar refractivity (Wildman–Crippen MR) is 92.4 cm³/mol. The standard InChI is InChI=1S/C18H24N4O/c1-3-4-8-11-19-18(23)16-12-21-17(13-20-16)22-14(2)15-9-6-5-7-10-15/h5-7,9-10,12-14H,3-4,8,11H2,1-2H3,(H,19,23)(H,21,22). The third-order valence-electron chi connectivity index (χ3n) is 3.61. The number of aromatic nitrogens is 2. The van der Waals surface area contributed by atoms with E-state index in [9.17, 15) is 4.79 Å². The number of amides is 1. The molecule has 0 fully saturated rings. The molecule has 1 amide bonds. The van der Waals surface area contributed by atoms with Crippen molar-refractivity contribution in [3.63, 3.8) is 0 Å². The molecular weight excluding hydrogens is 288 g/mol. The van der Waals surface area contributed by atoms with Crippen LogP contribution in [0.15, 0.2) is 42.7 Å². The summed E-state index contributed by atoms with van der Waals surface area (Å²) in [4.78, 5) is 20.4. The van der Waals surface area contributed by atoms with Crippen molar-refractivity contribution in [2.45, 2.75) is 39.2 Å².